The van der Waals surface area contributed by atoms with Crippen LogP contribution < -0.4 is 5.32 Å². The lowest BCUT2D eigenvalue weighted by molar-refractivity contribution is -0.139. The molecule has 0 saturated heterocycles. The number of carboxylic acid groups (broad SMARTS) is 1. The van der Waals surface area contributed by atoms with Crippen molar-refractivity contribution in [1.29, 1.82) is 0 Å². The molecule has 0 aliphatic carbocycles. The molecule has 0 bridgehead atoms. The van der Waals surface area contributed by atoms with Gasteiger partial charge in [-0.3, -0.25) is 4.79 Å². The summed E-state index contributed by atoms with van der Waals surface area (Å²) in [5.41, 5.74) is 0.458. The Hall–Kier alpha value is -1.78. The summed E-state index contributed by atoms with van der Waals surface area (Å²) in [5.74, 6) is -1.14. The van der Waals surface area contributed by atoms with Gasteiger partial charge < -0.3 is 15.0 Å². The number of amides is 1. The molecule has 1 amide bonds. The van der Waals surface area contributed by atoms with Gasteiger partial charge in [-0.2, -0.15) is 0 Å². The van der Waals surface area contributed by atoms with Crippen LogP contribution in [0.2, 0.25) is 0 Å². The third kappa shape index (κ3) is 3.62. The van der Waals surface area contributed by atoms with E-state index in [2.05, 4.69) is 5.32 Å². The lowest BCUT2D eigenvalue weighted by Gasteiger charge is -2.16. The number of hydrogen-bond donors (Lipinski definition) is 2. The van der Waals surface area contributed by atoms with Crippen molar-refractivity contribution in [2.45, 2.75) is 26.3 Å². The maximum Gasteiger partial charge on any atom is 0.326 e. The largest absolute Gasteiger partial charge is 0.480 e. The number of hydrogen-bond acceptors (Lipinski definition) is 2. The fraction of sp³-hybridized carbons (Fsp3) is 0.500. The Labute approximate surface area is 100 Å². The quantitative estimate of drug-likeness (QED) is 0.811. The van der Waals surface area contributed by atoms with Crippen LogP contribution in [-0.4, -0.2) is 27.6 Å². The van der Waals surface area contributed by atoms with Gasteiger partial charge in [0.15, 0.2) is 0 Å². The maximum absolute atomic E-state index is 11.8. The molecule has 0 radical (unpaired) electrons. The molecule has 5 nitrogen and oxygen atoms in total. The van der Waals surface area contributed by atoms with E-state index in [0.29, 0.717) is 12.1 Å². The summed E-state index contributed by atoms with van der Waals surface area (Å²) in [5, 5.41) is 11.5. The van der Waals surface area contributed by atoms with Crippen LogP contribution in [0.4, 0.5) is 0 Å². The molecule has 0 aromatic carbocycles. The van der Waals surface area contributed by atoms with E-state index in [4.69, 9.17) is 5.11 Å². The molecule has 0 spiro atoms. The second kappa shape index (κ2) is 5.52. The molecular weight excluding hydrogens is 220 g/mol. The first-order valence-electron chi connectivity index (χ1n) is 5.56. The van der Waals surface area contributed by atoms with Crippen molar-refractivity contribution in [2.75, 3.05) is 0 Å². The minimum atomic E-state index is -0.999. The van der Waals surface area contributed by atoms with Crippen molar-refractivity contribution in [3.8, 4) is 0 Å². The molecule has 1 aromatic heterocycles. The number of rotatable bonds is 5. The number of aliphatic carboxylic acids is 1. The fourth-order valence-corrected chi connectivity index (χ4v) is 1.62. The van der Waals surface area contributed by atoms with E-state index >= 15 is 0 Å². The van der Waals surface area contributed by atoms with Crippen molar-refractivity contribution < 1.29 is 14.7 Å². The molecule has 0 aliphatic rings. The van der Waals surface area contributed by atoms with Crippen LogP contribution in [0.3, 0.4) is 0 Å². The number of carbonyl (C=O) groups is 2. The zero-order chi connectivity index (χ0) is 13.0. The SMILES string of the molecule is CC(C)C[C@H](NC(=O)c1cccn1C)C(=O)O. The zero-order valence-electron chi connectivity index (χ0n) is 10.3. The van der Waals surface area contributed by atoms with Crippen molar-refractivity contribution in [3.63, 3.8) is 0 Å². The van der Waals surface area contributed by atoms with E-state index in [-0.39, 0.29) is 11.8 Å². The van der Waals surface area contributed by atoms with E-state index in [0.717, 1.165) is 0 Å². The molecule has 2 N–H and O–H groups in total. The minimum Gasteiger partial charge on any atom is -0.480 e. The van der Waals surface area contributed by atoms with Gasteiger partial charge in [-0.1, -0.05) is 13.8 Å². The third-order valence-electron chi connectivity index (χ3n) is 2.49. The Morgan fingerprint density at radius 1 is 1.47 bits per heavy atom. The molecule has 0 aliphatic heterocycles. The van der Waals surface area contributed by atoms with E-state index in [1.165, 1.54) is 0 Å². The van der Waals surface area contributed by atoms with E-state index < -0.39 is 12.0 Å². The molecule has 5 heteroatoms. The number of nitrogens with one attached hydrogen (secondary N) is 1. The number of aromatic nitrogens is 1. The lowest BCUT2D eigenvalue weighted by Crippen LogP contribution is -2.42. The minimum absolute atomic E-state index is 0.213. The summed E-state index contributed by atoms with van der Waals surface area (Å²) in [6, 6.07) is 2.56. The van der Waals surface area contributed by atoms with Gasteiger partial charge in [0.2, 0.25) is 0 Å². The summed E-state index contributed by atoms with van der Waals surface area (Å²) in [6.45, 7) is 3.84. The summed E-state index contributed by atoms with van der Waals surface area (Å²) in [4.78, 5) is 22.8. The van der Waals surface area contributed by atoms with Crippen molar-refractivity contribution >= 4 is 11.9 Å². The topological polar surface area (TPSA) is 71.3 Å². The van der Waals surface area contributed by atoms with Gasteiger partial charge in [-0.05, 0) is 24.5 Å². The average molecular weight is 238 g/mol. The summed E-state index contributed by atoms with van der Waals surface area (Å²) >= 11 is 0. The van der Waals surface area contributed by atoms with Crippen molar-refractivity contribution in [3.05, 3.63) is 24.0 Å². The van der Waals surface area contributed by atoms with Crippen LogP contribution in [0.15, 0.2) is 18.3 Å². The normalized spacial score (nSPS) is 12.5. The van der Waals surface area contributed by atoms with E-state index in [1.807, 2.05) is 13.8 Å². The second-order valence-corrected chi connectivity index (χ2v) is 4.50. The smallest absolute Gasteiger partial charge is 0.326 e. The molecule has 1 atom stereocenters. The monoisotopic (exact) mass is 238 g/mol. The van der Waals surface area contributed by atoms with Gasteiger partial charge in [0.05, 0.1) is 0 Å². The summed E-state index contributed by atoms with van der Waals surface area (Å²) < 4.78 is 1.66. The zero-order valence-corrected chi connectivity index (χ0v) is 10.3. The Bertz CT molecular complexity index is 410. The molecule has 1 rings (SSSR count). The number of aryl methyl sites for hydroxylation is 1. The molecule has 1 heterocycles. The first-order valence-corrected chi connectivity index (χ1v) is 5.56. The average Bonchev–Trinajstić information content (AvgIpc) is 2.62. The van der Waals surface area contributed by atoms with Gasteiger partial charge in [0, 0.05) is 13.2 Å². The lowest BCUT2D eigenvalue weighted by atomic mass is 10.0. The predicted octanol–water partition coefficient (Wildman–Crippen LogP) is 1.25. The van der Waals surface area contributed by atoms with E-state index in [9.17, 15) is 9.59 Å². The molecule has 0 unspecified atom stereocenters. The number of nitrogens with zero attached hydrogens (tertiary/aromatic N) is 1. The molecule has 17 heavy (non-hydrogen) atoms. The maximum atomic E-state index is 11.8. The highest BCUT2D eigenvalue weighted by Crippen LogP contribution is 2.07. The Balaban J connectivity index is 2.71. The Kier molecular flexibility index (Phi) is 4.31. The number of carbonyl (C=O) groups excluding carboxylic acids is 1. The third-order valence-corrected chi connectivity index (χ3v) is 2.49. The fourth-order valence-electron chi connectivity index (χ4n) is 1.62. The van der Waals surface area contributed by atoms with Crippen LogP contribution in [0.1, 0.15) is 30.8 Å². The van der Waals surface area contributed by atoms with E-state index in [1.54, 1.807) is 29.9 Å². The van der Waals surface area contributed by atoms with Crippen LogP contribution in [0, 0.1) is 5.92 Å². The summed E-state index contributed by atoms with van der Waals surface area (Å²) in [6.07, 6.45) is 2.17. The van der Waals surface area contributed by atoms with Gasteiger partial charge in [0.1, 0.15) is 11.7 Å². The predicted molar refractivity (Wildman–Crippen MR) is 63.8 cm³/mol. The van der Waals surface area contributed by atoms with Crippen LogP contribution in [0.5, 0.6) is 0 Å². The molecule has 0 fully saturated rings. The van der Waals surface area contributed by atoms with Crippen LogP contribution in [-0.2, 0) is 11.8 Å². The highest BCUT2D eigenvalue weighted by atomic mass is 16.4. The number of carboxylic acids is 1. The molecular formula is C12H18N2O3. The standard InChI is InChI=1S/C12H18N2O3/c1-8(2)7-9(12(16)17)13-11(15)10-5-4-6-14(10)3/h4-6,8-9H,7H2,1-3H3,(H,13,15)(H,16,17)/t9-/m0/s1. The molecule has 1 aromatic rings. The molecule has 94 valence electrons. The Morgan fingerprint density at radius 2 is 2.12 bits per heavy atom. The van der Waals surface area contributed by atoms with Gasteiger partial charge in [0.25, 0.3) is 5.91 Å². The second-order valence-electron chi connectivity index (χ2n) is 4.50. The van der Waals surface area contributed by atoms with Gasteiger partial charge >= 0.3 is 5.97 Å². The molecule has 0 saturated carbocycles. The van der Waals surface area contributed by atoms with Crippen LogP contribution >= 0.6 is 0 Å². The van der Waals surface area contributed by atoms with Gasteiger partial charge in [-0.25, -0.2) is 4.79 Å². The highest BCUT2D eigenvalue weighted by molar-refractivity contribution is 5.95. The first kappa shape index (κ1) is 13.3. The van der Waals surface area contributed by atoms with Crippen LogP contribution in [0.25, 0.3) is 0 Å². The summed E-state index contributed by atoms with van der Waals surface area (Å²) in [7, 11) is 1.74. The van der Waals surface area contributed by atoms with Crippen molar-refractivity contribution in [2.24, 2.45) is 13.0 Å². The highest BCUT2D eigenvalue weighted by Gasteiger charge is 2.22. The first-order chi connectivity index (χ1) is 7.91. The Morgan fingerprint density at radius 3 is 2.53 bits per heavy atom. The van der Waals surface area contributed by atoms with Gasteiger partial charge in [-0.15, -0.1) is 0 Å². The van der Waals surface area contributed by atoms with Crippen molar-refractivity contribution in [1.82, 2.24) is 9.88 Å².